The molecule has 2 aliphatic heterocycles. The number of halogens is 2. The molecule has 1 unspecified atom stereocenters. The van der Waals surface area contributed by atoms with Crippen LogP contribution in [0.4, 0.5) is 9.52 Å². The van der Waals surface area contributed by atoms with Crippen LogP contribution in [0.15, 0.2) is 41.8 Å². The number of Topliss-reactive ketones (excluding diaryl/α,β-unsaturated/α-hetero) is 2. The SMILES string of the molecule is COc1ccc2c(O[C@@H]3C[C@H]4C(=O)C[C@]5(P(=O)(O)Cc6c(C)cccc6F)C[C@@H]5CCCCCCC[C@H](CC(=O)CC(C)(C)C)C(=O)N4C3)cc(-c3csc(NC(C)C)n3)nc2c1Cl. The van der Waals surface area contributed by atoms with Crippen molar-refractivity contribution >= 4 is 63.8 Å². The molecule has 7 rings (SSSR count). The standard InChI is InChI=1S/C49H63ClFN4O7PS/c1-29(2)52-47-54-39(28-64-47)38-22-43(35-18-19-42(61-7)44(50)45(35)53-38)62-34-21-40-41(57)25-49(63(59,60)27-36-30(3)14-13-17-37(36)51)23-32(49)16-12-10-8-9-11-15-31(46(58)55(40)26-34)20-33(56)24-48(4,5)6/h13-14,17-19,22,28-29,31-32,34,40H,8-12,15-16,20-21,23-27H2,1-7H3,(H,52,54)(H,59,60)/t31-,32+,34-,40+,49-/m1/s1. The summed E-state index contributed by atoms with van der Waals surface area (Å²) in [5.74, 6) is -1.11. The van der Waals surface area contributed by atoms with E-state index in [0.29, 0.717) is 65.0 Å². The van der Waals surface area contributed by atoms with Crippen molar-refractivity contribution in [2.45, 2.75) is 148 Å². The van der Waals surface area contributed by atoms with Crippen molar-refractivity contribution in [3.63, 3.8) is 0 Å². The summed E-state index contributed by atoms with van der Waals surface area (Å²) in [4.78, 5) is 67.0. The van der Waals surface area contributed by atoms with Crippen molar-refractivity contribution in [3.05, 3.63) is 63.7 Å². The number of ketones is 2. The van der Waals surface area contributed by atoms with Crippen LogP contribution in [0.3, 0.4) is 0 Å². The Kier molecular flexibility index (Phi) is 14.7. The van der Waals surface area contributed by atoms with Gasteiger partial charge in [-0.15, -0.1) is 11.3 Å². The number of pyridine rings is 1. The quantitative estimate of drug-likeness (QED) is 0.132. The van der Waals surface area contributed by atoms with Gasteiger partial charge in [0.2, 0.25) is 13.3 Å². The highest BCUT2D eigenvalue weighted by molar-refractivity contribution is 7.59. The first kappa shape index (κ1) is 48.0. The number of nitrogens with one attached hydrogen (secondary N) is 1. The number of thiazole rings is 1. The van der Waals surface area contributed by atoms with Crippen LogP contribution in [0.5, 0.6) is 11.5 Å². The minimum absolute atomic E-state index is 0.0000419. The van der Waals surface area contributed by atoms with Crippen LogP contribution in [-0.2, 0) is 25.1 Å². The third-order valence-corrected chi connectivity index (χ3v) is 17.2. The third kappa shape index (κ3) is 10.7. The van der Waals surface area contributed by atoms with Crippen LogP contribution in [-0.4, -0.2) is 74.2 Å². The number of nitrogens with zero attached hydrogens (tertiary/aromatic N) is 3. The minimum atomic E-state index is -4.18. The van der Waals surface area contributed by atoms with Gasteiger partial charge in [-0.1, -0.05) is 76.6 Å². The Morgan fingerprint density at radius 1 is 1.08 bits per heavy atom. The maximum atomic E-state index is 15.2. The predicted molar refractivity (Wildman–Crippen MR) is 252 cm³/mol. The van der Waals surface area contributed by atoms with E-state index in [4.69, 9.17) is 31.0 Å². The summed E-state index contributed by atoms with van der Waals surface area (Å²) in [6, 6.07) is 9.14. The summed E-state index contributed by atoms with van der Waals surface area (Å²) in [5.41, 5.74) is 2.06. The largest absolute Gasteiger partial charge is 0.495 e. The van der Waals surface area contributed by atoms with Gasteiger partial charge >= 0.3 is 0 Å². The second kappa shape index (κ2) is 19.5. The fourth-order valence-corrected chi connectivity index (χ4v) is 13.8. The van der Waals surface area contributed by atoms with Gasteiger partial charge in [0.1, 0.15) is 39.9 Å². The highest BCUT2D eigenvalue weighted by atomic mass is 35.5. The van der Waals surface area contributed by atoms with E-state index in [0.717, 1.165) is 37.2 Å². The van der Waals surface area contributed by atoms with Crippen molar-refractivity contribution in [1.29, 1.82) is 0 Å². The number of aromatic nitrogens is 2. The number of hydrogen-bond donors (Lipinski definition) is 2. The maximum Gasteiger partial charge on any atom is 0.226 e. The van der Waals surface area contributed by atoms with E-state index in [9.17, 15) is 14.3 Å². The van der Waals surface area contributed by atoms with Crippen molar-refractivity contribution < 1.29 is 37.7 Å². The van der Waals surface area contributed by atoms with Gasteiger partial charge in [0, 0.05) is 60.0 Å². The average molecular weight is 938 g/mol. The summed E-state index contributed by atoms with van der Waals surface area (Å²) in [5, 5.41) is 5.61. The molecule has 64 heavy (non-hydrogen) atoms. The zero-order valence-corrected chi connectivity index (χ0v) is 40.6. The lowest BCUT2D eigenvalue weighted by Gasteiger charge is -2.30. The second-order valence-electron chi connectivity index (χ2n) is 19.9. The molecule has 2 N–H and O–H groups in total. The number of ether oxygens (including phenoxy) is 2. The molecule has 3 fully saturated rings. The summed E-state index contributed by atoms with van der Waals surface area (Å²) in [7, 11) is -2.66. The first-order valence-electron chi connectivity index (χ1n) is 22.8. The van der Waals surface area contributed by atoms with Crippen LogP contribution in [0, 0.1) is 30.0 Å². The van der Waals surface area contributed by atoms with E-state index in [1.54, 1.807) is 36.1 Å². The fourth-order valence-electron chi connectivity index (χ4n) is 9.87. The zero-order valence-electron chi connectivity index (χ0n) is 38.2. The molecule has 2 aromatic carbocycles. The highest BCUT2D eigenvalue weighted by Crippen LogP contribution is 2.75. The summed E-state index contributed by atoms with van der Waals surface area (Å²) in [6.45, 7) is 11.9. The molecule has 0 spiro atoms. The van der Waals surface area contributed by atoms with E-state index >= 15 is 14.0 Å². The van der Waals surface area contributed by atoms with Gasteiger partial charge in [0.15, 0.2) is 10.9 Å². The number of methoxy groups -OCH3 is 1. The molecule has 0 radical (unpaired) electrons. The lowest BCUT2D eigenvalue weighted by Crippen LogP contribution is -2.45. The maximum absolute atomic E-state index is 15.2. The van der Waals surface area contributed by atoms with E-state index in [2.05, 4.69) is 5.32 Å². The molecule has 1 amide bonds. The number of carbonyl (C=O) groups is 3. The Morgan fingerprint density at radius 3 is 2.52 bits per heavy atom. The Labute approximate surface area is 385 Å². The minimum Gasteiger partial charge on any atom is -0.495 e. The molecular weight excluding hydrogens is 874 g/mol. The van der Waals surface area contributed by atoms with Crippen molar-refractivity contribution in [1.82, 2.24) is 14.9 Å². The Balaban J connectivity index is 1.26. The molecule has 2 aromatic heterocycles. The van der Waals surface area contributed by atoms with Gasteiger partial charge in [-0.05, 0) is 75.1 Å². The van der Waals surface area contributed by atoms with E-state index in [-0.39, 0.29) is 77.4 Å². The van der Waals surface area contributed by atoms with Gasteiger partial charge in [-0.3, -0.25) is 18.9 Å². The number of rotatable bonds is 12. The summed E-state index contributed by atoms with van der Waals surface area (Å²) in [6.07, 6.45) is 5.15. The van der Waals surface area contributed by atoms with Crippen LogP contribution in [0.2, 0.25) is 5.02 Å². The first-order chi connectivity index (χ1) is 30.3. The Morgan fingerprint density at radius 2 is 1.81 bits per heavy atom. The third-order valence-electron chi connectivity index (χ3n) is 13.2. The van der Waals surface area contributed by atoms with Gasteiger partial charge in [-0.25, -0.2) is 14.4 Å². The summed E-state index contributed by atoms with van der Waals surface area (Å²) >= 11 is 8.35. The Hall–Kier alpha value is -3.90. The van der Waals surface area contributed by atoms with Gasteiger partial charge < -0.3 is 24.6 Å². The first-order valence-corrected chi connectivity index (χ1v) is 25.9. The van der Waals surface area contributed by atoms with Crippen molar-refractivity contribution in [3.8, 4) is 22.9 Å². The molecule has 346 valence electrons. The topological polar surface area (TPSA) is 148 Å². The summed E-state index contributed by atoms with van der Waals surface area (Å²) < 4.78 is 42.4. The lowest BCUT2D eigenvalue weighted by molar-refractivity contribution is -0.143. The van der Waals surface area contributed by atoms with Gasteiger partial charge in [-0.2, -0.15) is 0 Å². The van der Waals surface area contributed by atoms with Crippen LogP contribution in [0.25, 0.3) is 22.3 Å². The molecule has 4 heterocycles. The number of carbonyl (C=O) groups excluding carboxylic acids is 3. The normalized spacial score (nSPS) is 24.4. The molecule has 3 aliphatic rings. The van der Waals surface area contributed by atoms with E-state index in [1.807, 2.05) is 46.1 Å². The highest BCUT2D eigenvalue weighted by Gasteiger charge is 2.65. The second-order valence-corrected chi connectivity index (χ2v) is 23.7. The smallest absolute Gasteiger partial charge is 0.226 e. The molecule has 6 atom stereocenters. The van der Waals surface area contributed by atoms with Gasteiger partial charge in [0.25, 0.3) is 0 Å². The lowest BCUT2D eigenvalue weighted by atomic mass is 9.85. The molecule has 4 aromatic rings. The van der Waals surface area contributed by atoms with Crippen molar-refractivity contribution in [2.24, 2.45) is 17.3 Å². The molecule has 0 bridgehead atoms. The number of fused-ring (bicyclic) bond motifs is 3. The molecule has 1 aliphatic carbocycles. The average Bonchev–Trinajstić information content (AvgIpc) is 3.49. The van der Waals surface area contributed by atoms with E-state index < -0.39 is 36.4 Å². The zero-order chi connectivity index (χ0) is 46.1. The molecular formula is C49H63ClFN4O7PS. The van der Waals surface area contributed by atoms with E-state index in [1.165, 1.54) is 24.5 Å². The molecule has 1 saturated carbocycles. The number of aryl methyl sites for hydroxylation is 1. The molecule has 2 saturated heterocycles. The van der Waals surface area contributed by atoms with Crippen molar-refractivity contribution in [2.75, 3.05) is 19.0 Å². The van der Waals surface area contributed by atoms with Gasteiger partial charge in [0.05, 0.1) is 42.2 Å². The predicted octanol–water partition coefficient (Wildman–Crippen LogP) is 11.6. The van der Waals surface area contributed by atoms with Crippen LogP contribution >= 0.6 is 30.3 Å². The number of hydrogen-bond acceptors (Lipinski definition) is 10. The number of anilines is 1. The van der Waals surface area contributed by atoms with Crippen LogP contribution < -0.4 is 14.8 Å². The number of benzene rings is 2. The van der Waals surface area contributed by atoms with Crippen LogP contribution in [0.1, 0.15) is 123 Å². The number of amides is 1. The fraction of sp³-hybridized carbons (Fsp3) is 0.571. The molecule has 11 nitrogen and oxygen atoms in total. The molecule has 15 heteroatoms. The Bertz CT molecular complexity index is 2420. The monoisotopic (exact) mass is 936 g/mol.